The fraction of sp³-hybridized carbons (Fsp3) is 1.00. The predicted octanol–water partition coefficient (Wildman–Crippen LogP) is -0.315. The molecule has 0 amide bonds. The van der Waals surface area contributed by atoms with E-state index in [4.69, 9.17) is 0 Å². The first-order valence-corrected chi connectivity index (χ1v) is 2.93. The van der Waals surface area contributed by atoms with Crippen molar-refractivity contribution in [3.63, 3.8) is 0 Å². The molecule has 1 heterocycles. The summed E-state index contributed by atoms with van der Waals surface area (Å²) in [5, 5.41) is -2.65. The standard InChI is InChI=1S/C2H2F3NO2S/c3-1(4)2(5,6-1)9(7)8/h6H,(H,7,8)/p-1. The molecule has 0 aromatic carbocycles. The molecule has 0 bridgehead atoms. The molecule has 0 radical (unpaired) electrons. The number of hydrogen-bond acceptors (Lipinski definition) is 3. The molecule has 1 aliphatic heterocycles. The summed E-state index contributed by atoms with van der Waals surface area (Å²) >= 11 is -3.42. The zero-order chi connectivity index (χ0) is 7.28. The highest BCUT2D eigenvalue weighted by Gasteiger charge is 2.75. The van der Waals surface area contributed by atoms with Gasteiger partial charge in [0.1, 0.15) is 0 Å². The van der Waals surface area contributed by atoms with E-state index in [0.717, 1.165) is 5.32 Å². The van der Waals surface area contributed by atoms with Crippen LogP contribution < -0.4 is 5.32 Å². The van der Waals surface area contributed by atoms with Crippen molar-refractivity contribution in [3.05, 3.63) is 0 Å². The van der Waals surface area contributed by atoms with Crippen LogP contribution in [0.5, 0.6) is 0 Å². The van der Waals surface area contributed by atoms with E-state index in [1.54, 1.807) is 0 Å². The number of nitrogens with one attached hydrogen (secondary N) is 1. The monoisotopic (exact) mass is 160 g/mol. The third kappa shape index (κ3) is 0.759. The quantitative estimate of drug-likeness (QED) is 0.325. The van der Waals surface area contributed by atoms with Crippen molar-refractivity contribution in [1.29, 1.82) is 0 Å². The van der Waals surface area contributed by atoms with Crippen molar-refractivity contribution in [1.82, 2.24) is 5.32 Å². The van der Waals surface area contributed by atoms with Gasteiger partial charge in [-0.2, -0.15) is 8.78 Å². The van der Waals surface area contributed by atoms with E-state index in [9.17, 15) is 21.9 Å². The van der Waals surface area contributed by atoms with E-state index < -0.39 is 22.3 Å². The first-order valence-electron chi connectivity index (χ1n) is 1.85. The average molecular weight is 160 g/mol. The Bertz CT molecular complexity index is 173. The van der Waals surface area contributed by atoms with E-state index in [1.807, 2.05) is 0 Å². The van der Waals surface area contributed by atoms with Gasteiger partial charge < -0.3 is 4.55 Å². The summed E-state index contributed by atoms with van der Waals surface area (Å²) in [5.41, 5.74) is 0. The molecule has 2 unspecified atom stereocenters. The average Bonchev–Trinajstić information content (AvgIpc) is 2.08. The van der Waals surface area contributed by atoms with Crippen LogP contribution in [0.25, 0.3) is 0 Å². The Balaban J connectivity index is 2.74. The van der Waals surface area contributed by atoms with Crippen molar-refractivity contribution in [2.75, 3.05) is 0 Å². The second kappa shape index (κ2) is 1.47. The van der Waals surface area contributed by atoms with Crippen molar-refractivity contribution >= 4 is 11.1 Å². The van der Waals surface area contributed by atoms with Gasteiger partial charge in [-0.15, -0.1) is 0 Å². The van der Waals surface area contributed by atoms with Gasteiger partial charge in [-0.1, -0.05) is 0 Å². The lowest BCUT2D eigenvalue weighted by molar-refractivity contribution is 0.0686. The van der Waals surface area contributed by atoms with Gasteiger partial charge in [0.05, 0.1) is 0 Å². The van der Waals surface area contributed by atoms with Crippen LogP contribution in [0.2, 0.25) is 0 Å². The Hall–Kier alpha value is -0.140. The zero-order valence-electron chi connectivity index (χ0n) is 3.86. The smallest absolute Gasteiger partial charge is 0.364 e. The largest absolute Gasteiger partial charge is 0.769 e. The number of halogens is 3. The normalized spacial score (nSPS) is 42.2. The SMILES string of the molecule is O=S([O-])C1(F)NC1(F)F. The van der Waals surface area contributed by atoms with Crippen LogP contribution in [0.1, 0.15) is 0 Å². The zero-order valence-corrected chi connectivity index (χ0v) is 4.68. The molecule has 9 heavy (non-hydrogen) atoms. The molecule has 2 atom stereocenters. The lowest BCUT2D eigenvalue weighted by atomic mass is 10.8. The van der Waals surface area contributed by atoms with E-state index >= 15 is 0 Å². The maximum atomic E-state index is 11.9. The molecule has 0 saturated carbocycles. The molecule has 0 aromatic heterocycles. The van der Waals surface area contributed by atoms with E-state index in [-0.39, 0.29) is 0 Å². The van der Waals surface area contributed by atoms with E-state index in [2.05, 4.69) is 0 Å². The summed E-state index contributed by atoms with van der Waals surface area (Å²) in [6.45, 7) is 0. The summed E-state index contributed by atoms with van der Waals surface area (Å²) in [7, 11) is 0. The molecule has 0 spiro atoms. The van der Waals surface area contributed by atoms with Gasteiger partial charge in [0.2, 0.25) is 0 Å². The van der Waals surface area contributed by atoms with Crippen molar-refractivity contribution in [2.24, 2.45) is 0 Å². The highest BCUT2D eigenvalue weighted by atomic mass is 32.2. The van der Waals surface area contributed by atoms with Crippen LogP contribution in [0.15, 0.2) is 0 Å². The highest BCUT2D eigenvalue weighted by molar-refractivity contribution is 7.80. The third-order valence-corrected chi connectivity index (χ3v) is 1.71. The second-order valence-electron chi connectivity index (χ2n) is 1.53. The minimum Gasteiger partial charge on any atom is -0.769 e. The molecule has 1 fully saturated rings. The molecule has 3 nitrogen and oxygen atoms in total. The van der Waals surface area contributed by atoms with E-state index in [0.29, 0.717) is 0 Å². The lowest BCUT2D eigenvalue weighted by Gasteiger charge is -2.05. The van der Waals surface area contributed by atoms with E-state index in [1.165, 1.54) is 0 Å². The van der Waals surface area contributed by atoms with Crippen LogP contribution in [-0.2, 0) is 11.1 Å². The van der Waals surface area contributed by atoms with Crippen molar-refractivity contribution in [2.45, 2.75) is 11.2 Å². The molecule has 1 rings (SSSR count). The fourth-order valence-electron chi connectivity index (χ4n) is 0.317. The van der Waals surface area contributed by atoms with Crippen molar-refractivity contribution < 1.29 is 21.9 Å². The fourth-order valence-corrected chi connectivity index (χ4v) is 0.738. The Morgan fingerprint density at radius 1 is 1.44 bits per heavy atom. The molecule has 1 aliphatic rings. The van der Waals surface area contributed by atoms with Crippen LogP contribution in [0.4, 0.5) is 13.2 Å². The Labute approximate surface area is 50.5 Å². The summed E-state index contributed by atoms with van der Waals surface area (Å²) in [5.74, 6) is 0. The maximum absolute atomic E-state index is 11.9. The summed E-state index contributed by atoms with van der Waals surface area (Å²) < 4.78 is 54.2. The van der Waals surface area contributed by atoms with Crippen LogP contribution >= 0.6 is 0 Å². The highest BCUT2D eigenvalue weighted by Crippen LogP contribution is 2.44. The topological polar surface area (TPSA) is 62.1 Å². The summed E-state index contributed by atoms with van der Waals surface area (Å²) in [6.07, 6.45) is 0. The molecule has 0 aliphatic carbocycles. The Morgan fingerprint density at radius 2 is 1.78 bits per heavy atom. The minimum absolute atomic E-state index is 0.871. The summed E-state index contributed by atoms with van der Waals surface area (Å²) in [6, 6.07) is -3.90. The predicted molar refractivity (Wildman–Crippen MR) is 20.8 cm³/mol. The first-order chi connectivity index (χ1) is 3.90. The Kier molecular flexibility index (Phi) is 1.14. The molecule has 7 heteroatoms. The number of rotatable bonds is 1. The molecule has 0 aromatic rings. The molecular weight excluding hydrogens is 159 g/mol. The first kappa shape index (κ1) is 6.97. The molecule has 1 N–H and O–H groups in total. The molecular formula is C2HF3NO2S-. The minimum atomic E-state index is -3.90. The van der Waals surface area contributed by atoms with Gasteiger partial charge >= 0.3 is 11.2 Å². The van der Waals surface area contributed by atoms with Gasteiger partial charge in [-0.3, -0.25) is 4.21 Å². The number of hydrogen-bond donors (Lipinski definition) is 1. The maximum Gasteiger partial charge on any atom is 0.364 e. The molecule has 54 valence electrons. The second-order valence-corrected chi connectivity index (χ2v) is 2.56. The van der Waals surface area contributed by atoms with Crippen LogP contribution in [-0.4, -0.2) is 19.9 Å². The van der Waals surface area contributed by atoms with Gasteiger partial charge in [0.25, 0.3) is 0 Å². The van der Waals surface area contributed by atoms with Crippen LogP contribution in [0.3, 0.4) is 0 Å². The van der Waals surface area contributed by atoms with Gasteiger partial charge in [0.15, 0.2) is 0 Å². The van der Waals surface area contributed by atoms with Crippen molar-refractivity contribution in [3.8, 4) is 0 Å². The van der Waals surface area contributed by atoms with Gasteiger partial charge in [-0.05, 0) is 0 Å². The number of alkyl halides is 3. The van der Waals surface area contributed by atoms with Gasteiger partial charge in [-0.25, -0.2) is 9.71 Å². The lowest BCUT2D eigenvalue weighted by Crippen LogP contribution is -2.19. The van der Waals surface area contributed by atoms with Gasteiger partial charge in [0, 0.05) is 11.1 Å². The third-order valence-electron chi connectivity index (χ3n) is 0.889. The Morgan fingerprint density at radius 3 is 1.78 bits per heavy atom. The van der Waals surface area contributed by atoms with Crippen LogP contribution in [0, 0.1) is 0 Å². The summed E-state index contributed by atoms with van der Waals surface area (Å²) in [4.78, 5) is 0. The molecule has 1 saturated heterocycles.